The minimum absolute atomic E-state index is 0.00814. The van der Waals surface area contributed by atoms with Crippen molar-refractivity contribution in [2.24, 2.45) is 0 Å². The summed E-state index contributed by atoms with van der Waals surface area (Å²) in [6.45, 7) is 2.28. The summed E-state index contributed by atoms with van der Waals surface area (Å²) in [6, 6.07) is 20.2. The molecule has 0 heterocycles. The summed E-state index contributed by atoms with van der Waals surface area (Å²) in [5.74, 6) is -71.4. The van der Waals surface area contributed by atoms with E-state index in [1.807, 2.05) is 0 Å². The Morgan fingerprint density at radius 3 is 0.864 bits per heavy atom. The van der Waals surface area contributed by atoms with E-state index in [-0.39, 0.29) is 21.2 Å². The molecule has 0 nitrogen and oxygen atoms in total. The summed E-state index contributed by atoms with van der Waals surface area (Å²) in [6.07, 6.45) is 2.32. The van der Waals surface area contributed by atoms with E-state index >= 15 is 35.1 Å². The maximum absolute atomic E-state index is 15.4. The zero-order chi connectivity index (χ0) is 49.1. The van der Waals surface area contributed by atoms with Crippen LogP contribution in [0, 0.1) is 123 Å². The van der Waals surface area contributed by atoms with E-state index in [1.165, 1.54) is 57.6 Å². The molecule has 22 heteroatoms. The molecule has 0 aliphatic heterocycles. The Hall–Kier alpha value is -5.29. The molecule has 6 aromatic rings. The van der Waals surface area contributed by atoms with Gasteiger partial charge in [-0.2, -0.15) is 0 Å². The summed E-state index contributed by atoms with van der Waals surface area (Å²) >= 11 is -0.00814. The zero-order valence-corrected chi connectivity index (χ0v) is 35.3. The highest BCUT2D eigenvalue weighted by molar-refractivity contribution is 7.20. The molecule has 0 N–H and O–H groups in total. The van der Waals surface area contributed by atoms with Crippen molar-refractivity contribution in [3.05, 3.63) is 184 Å². The van der Waals surface area contributed by atoms with Crippen LogP contribution in [0.2, 0.25) is 0 Å². The first-order valence-corrected chi connectivity index (χ1v) is 21.3. The maximum Gasteiger partial charge on any atom is 0.357 e. The molecule has 0 saturated carbocycles. The van der Waals surface area contributed by atoms with E-state index in [0.717, 1.165) is 0 Å². The molecule has 0 aliphatic rings. The summed E-state index contributed by atoms with van der Waals surface area (Å²) in [5, 5.41) is 0. The van der Waals surface area contributed by atoms with E-state index in [1.54, 1.807) is 0 Å². The number of benzene rings is 6. The van der Waals surface area contributed by atoms with Gasteiger partial charge in [-0.25, -0.2) is 87.8 Å². The normalized spacial score (nSPS) is 11.6. The first kappa shape index (κ1) is 51.7. The Morgan fingerprint density at radius 2 is 0.561 bits per heavy atom. The molecule has 6 rings (SSSR count). The van der Waals surface area contributed by atoms with E-state index in [2.05, 4.69) is 61.5 Å². The van der Waals surface area contributed by atoms with Gasteiger partial charge in [0.05, 0.1) is 0 Å². The summed E-state index contributed by atoms with van der Waals surface area (Å²) in [4.78, 5) is 0. The van der Waals surface area contributed by atoms with E-state index in [4.69, 9.17) is 0 Å². The molecule has 0 unspecified atom stereocenters. The van der Waals surface area contributed by atoms with E-state index in [0.29, 0.717) is 0 Å². The predicted molar refractivity (Wildman–Crippen MR) is 197 cm³/mol. The van der Waals surface area contributed by atoms with Crippen LogP contribution in [0.25, 0.3) is 0 Å². The average molecular weight is 1070 g/mol. The van der Waals surface area contributed by atoms with Crippen LogP contribution in [0.1, 0.15) is 51.0 Å². The van der Waals surface area contributed by atoms with Crippen LogP contribution in [-0.2, 0) is 6.42 Å². The molecule has 0 aliphatic carbocycles. The van der Waals surface area contributed by atoms with Gasteiger partial charge in [-0.3, -0.25) is 0 Å². The van der Waals surface area contributed by atoms with Crippen LogP contribution < -0.4 is 43.1 Å². The lowest BCUT2D eigenvalue weighted by molar-refractivity contribution is -0.597. The molecule has 0 radical (unpaired) electrons. The fourth-order valence-electron chi connectivity index (χ4n) is 7.30. The Labute approximate surface area is 371 Å². The Morgan fingerprint density at radius 1 is 0.303 bits per heavy atom. The Kier molecular flexibility index (Phi) is 16.5. The second-order valence-corrected chi connectivity index (χ2v) is 17.4. The van der Waals surface area contributed by atoms with Gasteiger partial charge in [0.1, 0.15) is 52.7 Å². The highest BCUT2D eigenvalue weighted by Gasteiger charge is 2.52. The molecular formula is C44H26BF20I. The van der Waals surface area contributed by atoms with Crippen LogP contribution in [0.3, 0.4) is 0 Å². The van der Waals surface area contributed by atoms with Gasteiger partial charge in [-0.05, 0) is 42.7 Å². The molecule has 0 amide bonds. The van der Waals surface area contributed by atoms with Crippen molar-refractivity contribution in [3.8, 4) is 0 Å². The van der Waals surface area contributed by atoms with E-state index < -0.39 is 144 Å². The van der Waals surface area contributed by atoms with Crippen molar-refractivity contribution in [2.75, 3.05) is 0 Å². The summed E-state index contributed by atoms with van der Waals surface area (Å²) in [7, 11) is 0. The molecule has 0 saturated heterocycles. The molecule has 0 spiro atoms. The molecule has 0 bridgehead atoms. The van der Waals surface area contributed by atoms with Crippen LogP contribution in [0.4, 0.5) is 87.8 Å². The van der Waals surface area contributed by atoms with E-state index in [9.17, 15) is 52.7 Å². The molecular weight excluding hydrogens is 1050 g/mol. The lowest BCUT2D eigenvalue weighted by Crippen LogP contribution is -3.61. The van der Waals surface area contributed by atoms with Gasteiger partial charge in [0, 0.05) is 0 Å². The van der Waals surface area contributed by atoms with Crippen LogP contribution in [0.15, 0.2) is 54.6 Å². The van der Waals surface area contributed by atoms with Crippen molar-refractivity contribution in [2.45, 2.75) is 51.9 Å². The van der Waals surface area contributed by atoms with Gasteiger partial charge >= 0.3 is 21.2 Å². The van der Waals surface area contributed by atoms with Crippen molar-refractivity contribution >= 4 is 28.0 Å². The van der Waals surface area contributed by atoms with Crippen molar-refractivity contribution in [1.29, 1.82) is 0 Å². The quantitative estimate of drug-likeness (QED) is 0.0272. The van der Waals surface area contributed by atoms with Crippen LogP contribution in [-0.4, -0.2) is 6.15 Å². The highest BCUT2D eigenvalue weighted by atomic mass is 127. The lowest BCUT2D eigenvalue weighted by Gasteiger charge is -2.44. The summed E-state index contributed by atoms with van der Waals surface area (Å²) < 4.78 is 297. The molecule has 6 aromatic carbocycles. The third kappa shape index (κ3) is 9.34. The minimum atomic E-state index is -7.22. The Bertz CT molecular complexity index is 2380. The second kappa shape index (κ2) is 21.1. The minimum Gasteiger partial charge on any atom is -0.207 e. The largest absolute Gasteiger partial charge is 0.357 e. The SMILES string of the molecule is CCCCCCCCc1ccc([I+]c2ccccc2)cc1.Fc1c(F)c(F)c([B-](c2c(F)c(F)c(F)c(F)c2F)(c2c(F)c(F)c(F)c(F)c2F)c2c(F)c(F)c(F)c(F)c2F)c(F)c1F. The second-order valence-electron chi connectivity index (χ2n) is 14.3. The third-order valence-corrected chi connectivity index (χ3v) is 13.1. The monoisotopic (exact) mass is 1070 g/mol. The third-order valence-electron chi connectivity index (χ3n) is 10.4. The standard InChI is InChI=1S/C24BF20.C20H26I/c26-5-1(6(27)14(35)21(42)13(5)34)25(2-7(28)15(36)22(43)16(37)8(2)29,3-9(30)17(38)23(44)18(39)10(3)31)4-11(32)19(40)24(45)20(41)12(4)33;1-2-3-4-5-6-8-11-18-14-16-20(17-15-18)21-19-12-9-7-10-13-19/h;7,9-10,12-17H,2-6,8,11H2,1H3/q-1;+1. The number of rotatable bonds is 13. The molecule has 66 heavy (non-hydrogen) atoms. The molecule has 0 atom stereocenters. The van der Waals surface area contributed by atoms with Crippen molar-refractivity contribution < 1.29 is 109 Å². The number of hydrogen-bond acceptors (Lipinski definition) is 0. The number of aryl methyl sites for hydroxylation is 1. The van der Waals surface area contributed by atoms with Gasteiger partial charge < -0.3 is 0 Å². The molecule has 352 valence electrons. The lowest BCUT2D eigenvalue weighted by atomic mass is 9.12. The fourth-order valence-corrected chi connectivity index (χ4v) is 9.51. The van der Waals surface area contributed by atoms with Crippen LogP contribution in [0.5, 0.6) is 0 Å². The molecule has 0 fully saturated rings. The first-order chi connectivity index (χ1) is 31.1. The van der Waals surface area contributed by atoms with Gasteiger partial charge in [0.15, 0.2) is 76.9 Å². The zero-order valence-electron chi connectivity index (χ0n) is 33.2. The fraction of sp³-hybridized carbons (Fsp3) is 0.182. The number of unbranched alkanes of at least 4 members (excludes halogenated alkanes) is 5. The van der Waals surface area contributed by atoms with Gasteiger partial charge in [-0.1, -0.05) is 69.4 Å². The van der Waals surface area contributed by atoms with Crippen LogP contribution >= 0.6 is 0 Å². The maximum atomic E-state index is 15.4. The number of hydrogen-bond donors (Lipinski definition) is 0. The highest BCUT2D eigenvalue weighted by Crippen LogP contribution is 2.31. The van der Waals surface area contributed by atoms with Gasteiger partial charge in [0.25, 0.3) is 0 Å². The van der Waals surface area contributed by atoms with Gasteiger partial charge in [-0.15, -0.1) is 21.9 Å². The predicted octanol–water partition coefficient (Wildman–Crippen LogP) is 8.56. The van der Waals surface area contributed by atoms with Gasteiger partial charge in [0.2, 0.25) is 0 Å². The number of halogens is 21. The Balaban J connectivity index is 0.000000324. The average Bonchev–Trinajstić information content (AvgIpc) is 3.31. The summed E-state index contributed by atoms with van der Waals surface area (Å²) in [5.41, 5.74) is -12.8. The topological polar surface area (TPSA) is 0 Å². The smallest absolute Gasteiger partial charge is 0.207 e. The van der Waals surface area contributed by atoms with Crippen molar-refractivity contribution in [1.82, 2.24) is 0 Å². The first-order valence-electron chi connectivity index (χ1n) is 19.1. The molecule has 0 aromatic heterocycles. The van der Waals surface area contributed by atoms with Crippen molar-refractivity contribution in [3.63, 3.8) is 0 Å².